The zero-order valence-electron chi connectivity index (χ0n) is 9.61. The molecule has 0 aliphatic rings. The highest BCUT2D eigenvalue weighted by atomic mass is 19.4. The number of alkyl halides is 8. The van der Waals surface area contributed by atoms with E-state index in [0.717, 1.165) is 0 Å². The second kappa shape index (κ2) is 6.53. The van der Waals surface area contributed by atoms with Crippen LogP contribution in [0.5, 0.6) is 0 Å². The molecule has 0 aromatic rings. The van der Waals surface area contributed by atoms with Gasteiger partial charge in [-0.25, -0.2) is 13.6 Å². The van der Waals surface area contributed by atoms with Gasteiger partial charge in [0.25, 0.3) is 0 Å². The van der Waals surface area contributed by atoms with Gasteiger partial charge in [0, 0.05) is 6.92 Å². The van der Waals surface area contributed by atoms with Crippen LogP contribution in [0.25, 0.3) is 0 Å². The van der Waals surface area contributed by atoms with Gasteiger partial charge in [0.1, 0.15) is 11.6 Å². The van der Waals surface area contributed by atoms with Crippen molar-refractivity contribution in [3.05, 3.63) is 12.2 Å². The van der Waals surface area contributed by atoms with Gasteiger partial charge in [0.15, 0.2) is 0 Å². The van der Waals surface area contributed by atoms with Crippen LogP contribution in [-0.4, -0.2) is 35.3 Å². The van der Waals surface area contributed by atoms with Crippen LogP contribution in [0.1, 0.15) is 6.92 Å². The maximum absolute atomic E-state index is 12.0. The Labute approximate surface area is 107 Å². The van der Waals surface area contributed by atoms with E-state index in [2.05, 4.69) is 6.58 Å². The third kappa shape index (κ3) is 4.67. The molecule has 20 heavy (non-hydrogen) atoms. The van der Waals surface area contributed by atoms with Crippen LogP contribution in [0.3, 0.4) is 0 Å². The Hall–Kier alpha value is -1.86. The van der Waals surface area contributed by atoms with Crippen molar-refractivity contribution in [2.24, 2.45) is 0 Å². The number of nitrogens with zero attached hydrogens (tertiary/aromatic N) is 1. The molecule has 0 fully saturated rings. The number of carbonyl (C=O) groups is 1. The Morgan fingerprint density at radius 2 is 1.55 bits per heavy atom. The molecule has 0 heterocycles. The van der Waals surface area contributed by atoms with Crippen LogP contribution in [0.15, 0.2) is 12.2 Å². The second-order valence-corrected chi connectivity index (χ2v) is 3.28. The SMILES string of the molecule is C=C(C#N)C(=O)O.CC(F)(F)C(F)(F)C(F)(F)C(F)F. The zero-order valence-corrected chi connectivity index (χ0v) is 9.61. The van der Waals surface area contributed by atoms with E-state index < -0.39 is 42.7 Å². The Morgan fingerprint density at radius 1 is 1.20 bits per heavy atom. The van der Waals surface area contributed by atoms with Crippen molar-refractivity contribution < 1.29 is 45.0 Å². The predicted molar refractivity (Wildman–Crippen MR) is 48.9 cm³/mol. The number of halogens is 8. The van der Waals surface area contributed by atoms with E-state index >= 15 is 0 Å². The summed E-state index contributed by atoms with van der Waals surface area (Å²) in [6, 6.07) is 1.37. The maximum Gasteiger partial charge on any atom is 0.377 e. The first kappa shape index (κ1) is 20.5. The van der Waals surface area contributed by atoms with Crippen LogP contribution < -0.4 is 0 Å². The molecule has 0 atom stereocenters. The first-order valence-corrected chi connectivity index (χ1v) is 4.36. The van der Waals surface area contributed by atoms with E-state index in [0.29, 0.717) is 0 Å². The molecule has 116 valence electrons. The molecule has 0 aliphatic carbocycles. The lowest BCUT2D eigenvalue weighted by Gasteiger charge is -2.29. The van der Waals surface area contributed by atoms with Crippen molar-refractivity contribution in [2.75, 3.05) is 0 Å². The van der Waals surface area contributed by atoms with Crippen molar-refractivity contribution in [1.82, 2.24) is 0 Å². The molecule has 1 N–H and O–H groups in total. The summed E-state index contributed by atoms with van der Waals surface area (Å²) in [5, 5.41) is 15.6. The highest BCUT2D eigenvalue weighted by molar-refractivity contribution is 5.90. The molecule has 0 aliphatic heterocycles. The fourth-order valence-electron chi connectivity index (χ4n) is 0.477. The van der Waals surface area contributed by atoms with Crippen molar-refractivity contribution in [3.63, 3.8) is 0 Å². The smallest absolute Gasteiger partial charge is 0.377 e. The predicted octanol–water partition coefficient (Wildman–Crippen LogP) is 3.33. The third-order valence-electron chi connectivity index (χ3n) is 1.64. The van der Waals surface area contributed by atoms with Gasteiger partial charge in [0.05, 0.1) is 0 Å². The van der Waals surface area contributed by atoms with Gasteiger partial charge in [-0.1, -0.05) is 6.58 Å². The van der Waals surface area contributed by atoms with E-state index in [1.807, 2.05) is 0 Å². The Bertz CT molecular complexity index is 407. The van der Waals surface area contributed by atoms with E-state index in [-0.39, 0.29) is 0 Å². The average Bonchev–Trinajstić information content (AvgIpc) is 2.26. The molecule has 0 rings (SSSR count). The monoisotopic (exact) mass is 313 g/mol. The quantitative estimate of drug-likeness (QED) is 0.492. The van der Waals surface area contributed by atoms with Crippen LogP contribution >= 0.6 is 0 Å². The number of aliphatic carboxylic acids is 1. The van der Waals surface area contributed by atoms with Gasteiger partial charge < -0.3 is 5.11 Å². The first-order chi connectivity index (χ1) is 8.62. The summed E-state index contributed by atoms with van der Waals surface area (Å²) < 4.78 is 93.8. The van der Waals surface area contributed by atoms with Gasteiger partial charge in [-0.05, 0) is 0 Å². The number of carboxylic acids is 1. The second-order valence-electron chi connectivity index (χ2n) is 3.28. The Kier molecular flexibility index (Phi) is 6.68. The number of rotatable bonds is 4. The molecule has 0 unspecified atom stereocenters. The molecular formula is C9H7F8NO2. The van der Waals surface area contributed by atoms with Crippen LogP contribution in [-0.2, 0) is 4.79 Å². The fourth-order valence-corrected chi connectivity index (χ4v) is 0.477. The molecule has 0 amide bonds. The Balaban J connectivity index is 0. The highest BCUT2D eigenvalue weighted by Crippen LogP contribution is 2.47. The molecule has 11 heteroatoms. The van der Waals surface area contributed by atoms with Crippen molar-refractivity contribution in [1.29, 1.82) is 5.26 Å². The molecule has 0 saturated heterocycles. The molecule has 0 bridgehead atoms. The summed E-state index contributed by atoms with van der Waals surface area (Å²) in [4.78, 5) is 9.61. The zero-order chi connectivity index (χ0) is 16.9. The van der Waals surface area contributed by atoms with E-state index in [1.165, 1.54) is 6.07 Å². The van der Waals surface area contributed by atoms with Crippen molar-refractivity contribution in [2.45, 2.75) is 31.1 Å². The fraction of sp³-hybridized carbons (Fsp3) is 0.556. The summed E-state index contributed by atoms with van der Waals surface area (Å²) in [6.45, 7) is 2.36. The highest BCUT2D eigenvalue weighted by Gasteiger charge is 2.73. The summed E-state index contributed by atoms with van der Waals surface area (Å²) in [7, 11) is 0. The molecular weight excluding hydrogens is 306 g/mol. The lowest BCUT2D eigenvalue weighted by atomic mass is 10.1. The summed E-state index contributed by atoms with van der Waals surface area (Å²) >= 11 is 0. The van der Waals surface area contributed by atoms with Gasteiger partial charge in [-0.15, -0.1) is 0 Å². The lowest BCUT2D eigenvalue weighted by molar-refractivity contribution is -0.333. The van der Waals surface area contributed by atoms with Gasteiger partial charge in [0.2, 0.25) is 0 Å². The number of hydrogen-bond acceptors (Lipinski definition) is 2. The van der Waals surface area contributed by atoms with Crippen molar-refractivity contribution in [3.8, 4) is 6.07 Å². The number of nitriles is 1. The van der Waals surface area contributed by atoms with Crippen molar-refractivity contribution >= 4 is 5.97 Å². The topological polar surface area (TPSA) is 61.1 Å². The largest absolute Gasteiger partial charge is 0.477 e. The summed E-state index contributed by atoms with van der Waals surface area (Å²) in [5.41, 5.74) is -0.431. The number of carboxylic acid groups (broad SMARTS) is 1. The molecule has 0 aromatic heterocycles. The minimum absolute atomic E-state index is 0.431. The van der Waals surface area contributed by atoms with E-state index in [4.69, 9.17) is 10.4 Å². The van der Waals surface area contributed by atoms with E-state index in [1.54, 1.807) is 0 Å². The molecule has 0 aromatic carbocycles. The van der Waals surface area contributed by atoms with Gasteiger partial charge in [-0.2, -0.15) is 31.6 Å². The first-order valence-electron chi connectivity index (χ1n) is 4.36. The molecule has 0 saturated carbocycles. The van der Waals surface area contributed by atoms with Gasteiger partial charge >= 0.3 is 30.2 Å². The van der Waals surface area contributed by atoms with Crippen LogP contribution in [0.2, 0.25) is 0 Å². The average molecular weight is 313 g/mol. The summed E-state index contributed by atoms with van der Waals surface area (Å²) in [6.07, 6.45) is -4.84. The number of hydrogen-bond donors (Lipinski definition) is 1. The van der Waals surface area contributed by atoms with Gasteiger partial charge in [-0.3, -0.25) is 0 Å². The van der Waals surface area contributed by atoms with Crippen LogP contribution in [0, 0.1) is 11.3 Å². The third-order valence-corrected chi connectivity index (χ3v) is 1.64. The molecule has 3 nitrogen and oxygen atoms in total. The minimum atomic E-state index is -6.06. The molecule has 0 radical (unpaired) electrons. The normalized spacial score (nSPS) is 12.2. The molecule has 0 spiro atoms. The van der Waals surface area contributed by atoms with E-state index in [9.17, 15) is 39.9 Å². The van der Waals surface area contributed by atoms with Crippen LogP contribution in [0.4, 0.5) is 35.1 Å². The Morgan fingerprint density at radius 3 is 1.60 bits per heavy atom. The lowest BCUT2D eigenvalue weighted by Crippen LogP contribution is -2.56. The standard InChI is InChI=1S/C5H4F8.C4H3NO2/c1-3(8,9)5(12,13)4(10,11)2(6)7;1-3(2-5)4(6)7/h2H,1H3;1H2,(H,6,7). The summed E-state index contributed by atoms with van der Waals surface area (Å²) in [5.74, 6) is -18.6. The minimum Gasteiger partial charge on any atom is -0.477 e. The maximum atomic E-state index is 12.0.